The number of nitrogens with one attached hydrogen (secondary N) is 2. The molecule has 2 aliphatic carbocycles. The van der Waals surface area contributed by atoms with E-state index in [1.54, 1.807) is 24.5 Å². The smallest absolute Gasteiger partial charge is 0.186 e. The number of aromatic nitrogens is 8. The Balaban J connectivity index is 0.000000144. The van der Waals surface area contributed by atoms with Crippen molar-refractivity contribution in [3.05, 3.63) is 135 Å². The monoisotopic (exact) mass is 876 g/mol. The van der Waals surface area contributed by atoms with Gasteiger partial charge in [0.1, 0.15) is 34.4 Å². The van der Waals surface area contributed by atoms with Crippen LogP contribution in [0.25, 0.3) is 44.3 Å². The van der Waals surface area contributed by atoms with Gasteiger partial charge in [-0.05, 0) is 127 Å². The lowest BCUT2D eigenvalue weighted by atomic mass is 9.79. The molecule has 2 aromatic carbocycles. The van der Waals surface area contributed by atoms with Crippen molar-refractivity contribution in [1.29, 1.82) is 0 Å². The van der Waals surface area contributed by atoms with Gasteiger partial charge in [-0.3, -0.25) is 4.98 Å². The van der Waals surface area contributed by atoms with Gasteiger partial charge in [0.15, 0.2) is 12.4 Å². The summed E-state index contributed by atoms with van der Waals surface area (Å²) in [7, 11) is 0. The second-order valence-corrected chi connectivity index (χ2v) is 18.3. The fraction of sp³-hybridized carbons (Fsp3) is 0.400. The molecular weight excluding hydrogens is 825 g/mol. The number of pyridine rings is 2. The molecule has 65 heavy (non-hydrogen) atoms. The predicted molar refractivity (Wildman–Crippen MR) is 240 cm³/mol. The molecule has 4 N–H and O–H groups in total. The van der Waals surface area contributed by atoms with Crippen LogP contribution in [-0.2, 0) is 20.7 Å². The fourth-order valence-corrected chi connectivity index (χ4v) is 10.1. The van der Waals surface area contributed by atoms with E-state index in [0.717, 1.165) is 118 Å². The molecule has 0 amide bonds. The van der Waals surface area contributed by atoms with Crippen LogP contribution in [0.4, 0.5) is 0 Å². The van der Waals surface area contributed by atoms with Crippen LogP contribution in [0.15, 0.2) is 82.4 Å². The molecule has 4 fully saturated rings. The molecular formula is C50H52N8O7. The quantitative estimate of drug-likeness (QED) is 0.0756. The number of hydrogen-bond acceptors (Lipinski definition) is 12. The summed E-state index contributed by atoms with van der Waals surface area (Å²) < 4.78 is 23.7. The van der Waals surface area contributed by atoms with E-state index in [4.69, 9.17) is 28.5 Å². The van der Waals surface area contributed by atoms with Crippen LogP contribution in [0.3, 0.4) is 0 Å². The Labute approximate surface area is 374 Å². The van der Waals surface area contributed by atoms with Crippen LogP contribution in [0, 0.1) is 32.9 Å². The summed E-state index contributed by atoms with van der Waals surface area (Å²) in [6, 6.07) is 15.3. The molecule has 0 radical (unpaired) electrons. The number of nitrogens with zero attached hydrogens (tertiary/aromatic N) is 6. The van der Waals surface area contributed by atoms with Crippen molar-refractivity contribution >= 4 is 22.1 Å². The highest BCUT2D eigenvalue weighted by Gasteiger charge is 2.47. The van der Waals surface area contributed by atoms with Crippen molar-refractivity contribution in [2.45, 2.75) is 114 Å². The molecule has 4 aliphatic rings. The van der Waals surface area contributed by atoms with Gasteiger partial charge in [0, 0.05) is 71.3 Å². The molecule has 8 aromatic rings. The Kier molecular flexibility index (Phi) is 10.2. The van der Waals surface area contributed by atoms with Gasteiger partial charge in [-0.2, -0.15) is 4.73 Å². The summed E-state index contributed by atoms with van der Waals surface area (Å²) in [5.74, 6) is 4.26. The maximum Gasteiger partial charge on any atom is 0.186 e. The van der Waals surface area contributed by atoms with Crippen LogP contribution < -0.4 is 4.73 Å². The Hall–Kier alpha value is -6.26. The standard InChI is InChI=1S/C25H26N4O4.C25H26N4O3/c1-14-22(15(2)33-28-14)17-11-19(23-20(12-17)26-24(27-23)16-7-8-16)25(30,21-6-4-10-32-21)18-5-3-9-29(31)13-18;1-14-22(15(2)32-29-14)17-11-19(23-20(12-17)27-24(28-23)16-7-8-16)25(30,21-6-4-10-31-21)18-5-3-9-26-13-18/h3,5,9,11-13,16,21,30H,4,6-8,10H2,1-2H3,(H,26,27);3,5,9,11-13,16,21,30H,4,6-8,10H2,1-2H3,(H,27,28). The van der Waals surface area contributed by atoms with Gasteiger partial charge in [-0.25, -0.2) is 9.97 Å². The van der Waals surface area contributed by atoms with Crippen LogP contribution in [0.2, 0.25) is 0 Å². The number of hydrogen-bond donors (Lipinski definition) is 4. The molecule has 2 aliphatic heterocycles. The highest BCUT2D eigenvalue weighted by Crippen LogP contribution is 2.48. The topological polar surface area (TPSA) is 208 Å². The summed E-state index contributed by atoms with van der Waals surface area (Å²) in [4.78, 5) is 21.2. The van der Waals surface area contributed by atoms with E-state index in [1.165, 1.54) is 12.4 Å². The molecule has 12 rings (SSSR count). The van der Waals surface area contributed by atoms with Crippen LogP contribution in [0.1, 0.15) is 120 Å². The number of fused-ring (bicyclic) bond motifs is 2. The third-order valence-electron chi connectivity index (χ3n) is 13.7. The fourth-order valence-electron chi connectivity index (χ4n) is 10.1. The minimum absolute atomic E-state index is 0.379. The van der Waals surface area contributed by atoms with Gasteiger partial charge in [0.2, 0.25) is 0 Å². The molecule has 4 unspecified atom stereocenters. The highest BCUT2D eigenvalue weighted by molar-refractivity contribution is 5.89. The predicted octanol–water partition coefficient (Wildman–Crippen LogP) is 8.28. The summed E-state index contributed by atoms with van der Waals surface area (Å²) in [5, 5.41) is 45.3. The first-order chi connectivity index (χ1) is 31.5. The summed E-state index contributed by atoms with van der Waals surface area (Å²) >= 11 is 0. The molecule has 0 spiro atoms. The third kappa shape index (κ3) is 7.21. The van der Waals surface area contributed by atoms with Gasteiger partial charge in [-0.1, -0.05) is 16.4 Å². The second-order valence-electron chi connectivity index (χ2n) is 18.3. The second kappa shape index (κ2) is 16.0. The normalized spacial score (nSPS) is 20.5. The minimum atomic E-state index is -1.55. The number of benzene rings is 2. The van der Waals surface area contributed by atoms with Gasteiger partial charge in [0.25, 0.3) is 0 Å². The Morgan fingerprint density at radius 1 is 0.677 bits per heavy atom. The van der Waals surface area contributed by atoms with E-state index in [9.17, 15) is 15.4 Å². The van der Waals surface area contributed by atoms with E-state index in [0.29, 0.717) is 64.2 Å². The van der Waals surface area contributed by atoms with Gasteiger partial charge in [-0.15, -0.1) is 0 Å². The third-order valence-corrected chi connectivity index (χ3v) is 13.7. The molecule has 2 saturated heterocycles. The first-order valence-electron chi connectivity index (χ1n) is 22.7. The molecule has 15 nitrogen and oxygen atoms in total. The Morgan fingerprint density at radius 3 is 1.60 bits per heavy atom. The molecule has 15 heteroatoms. The van der Waals surface area contributed by atoms with Crippen molar-refractivity contribution in [1.82, 2.24) is 35.2 Å². The van der Waals surface area contributed by atoms with Crippen LogP contribution in [0.5, 0.6) is 0 Å². The van der Waals surface area contributed by atoms with Crippen molar-refractivity contribution in [3.63, 3.8) is 0 Å². The van der Waals surface area contributed by atoms with E-state index < -0.39 is 17.3 Å². The van der Waals surface area contributed by atoms with E-state index in [-0.39, 0.29) is 6.10 Å². The largest absolute Gasteiger partial charge is 0.619 e. The zero-order valence-electron chi connectivity index (χ0n) is 36.9. The van der Waals surface area contributed by atoms with Gasteiger partial charge >= 0.3 is 0 Å². The van der Waals surface area contributed by atoms with Crippen LogP contribution in [-0.4, -0.2) is 70.9 Å². The molecule has 334 valence electrons. The SMILES string of the molecule is Cc1noc(C)c1-c1cc(C(O)(c2ccc[n+]([O-])c2)C2CCCO2)c2nc(C3CC3)[nH]c2c1.Cc1noc(C)c1-c1cc(C(O)(c2cccnc2)C2CCCO2)c2nc(C3CC3)[nH]c2c1. The van der Waals surface area contributed by atoms with Crippen molar-refractivity contribution in [2.75, 3.05) is 13.2 Å². The summed E-state index contributed by atoms with van der Waals surface area (Å²) in [5.41, 5.74) is 8.08. The maximum atomic E-state index is 12.4. The average Bonchev–Trinajstić information content (AvgIpc) is 3.83. The number of rotatable bonds is 10. The van der Waals surface area contributed by atoms with Crippen molar-refractivity contribution < 1.29 is 33.5 Å². The van der Waals surface area contributed by atoms with Gasteiger partial charge in [0.05, 0.1) is 51.2 Å². The number of aromatic amines is 2. The number of H-pyrrole nitrogens is 2. The summed E-state index contributed by atoms with van der Waals surface area (Å²) in [6.07, 6.45) is 13.1. The zero-order valence-corrected chi connectivity index (χ0v) is 36.9. The first-order valence-corrected chi connectivity index (χ1v) is 22.7. The summed E-state index contributed by atoms with van der Waals surface area (Å²) in [6.45, 7) is 8.83. The first kappa shape index (κ1) is 41.4. The number of aliphatic hydroxyl groups is 2. The highest BCUT2D eigenvalue weighted by atomic mass is 16.5. The molecule has 6 aromatic heterocycles. The van der Waals surface area contributed by atoms with Crippen molar-refractivity contribution in [3.8, 4) is 22.3 Å². The molecule has 8 heterocycles. The van der Waals surface area contributed by atoms with Crippen LogP contribution >= 0.6 is 0 Å². The van der Waals surface area contributed by atoms with E-state index in [2.05, 4.69) is 31.3 Å². The molecule has 2 saturated carbocycles. The average molecular weight is 877 g/mol. The number of ether oxygens (including phenoxy) is 2. The van der Waals surface area contributed by atoms with Crippen molar-refractivity contribution in [2.24, 2.45) is 0 Å². The number of aryl methyl sites for hydroxylation is 4. The zero-order chi connectivity index (χ0) is 44.6. The molecule has 0 bridgehead atoms. The Bertz CT molecular complexity index is 3010. The lowest BCUT2D eigenvalue weighted by Gasteiger charge is -2.34. The van der Waals surface area contributed by atoms with E-state index in [1.807, 2.05) is 58.0 Å². The lowest BCUT2D eigenvalue weighted by Crippen LogP contribution is -2.42. The number of imidazole rings is 2. The lowest BCUT2D eigenvalue weighted by molar-refractivity contribution is -0.606. The Morgan fingerprint density at radius 2 is 1.18 bits per heavy atom. The molecule has 4 atom stereocenters. The maximum absolute atomic E-state index is 12.4. The van der Waals surface area contributed by atoms with E-state index >= 15 is 0 Å². The van der Waals surface area contributed by atoms with Gasteiger partial charge < -0.3 is 43.9 Å². The minimum Gasteiger partial charge on any atom is -0.619 e.